The molecule has 96 valence electrons. The van der Waals surface area contributed by atoms with E-state index in [0.717, 1.165) is 16.7 Å². The molecule has 0 unspecified atom stereocenters. The number of ether oxygens (including phenoxy) is 1. The Hall–Kier alpha value is -2.35. The molecule has 0 spiro atoms. The van der Waals surface area contributed by atoms with Gasteiger partial charge in [0.15, 0.2) is 0 Å². The number of rotatable bonds is 3. The first kappa shape index (κ1) is 13.1. The van der Waals surface area contributed by atoms with Crippen LogP contribution in [0.4, 0.5) is 0 Å². The molecule has 0 N–H and O–H groups in total. The Morgan fingerprint density at radius 2 is 1.47 bits per heavy atom. The van der Waals surface area contributed by atoms with Gasteiger partial charge in [-0.2, -0.15) is 0 Å². The predicted molar refractivity (Wildman–Crippen MR) is 77.3 cm³/mol. The summed E-state index contributed by atoms with van der Waals surface area (Å²) in [5, 5.41) is 0. The minimum absolute atomic E-state index is 0.350. The number of hydrogen-bond donors (Lipinski definition) is 0. The second-order valence-corrected chi connectivity index (χ2v) is 4.56. The molecule has 19 heavy (non-hydrogen) atoms. The highest BCUT2D eigenvalue weighted by atomic mass is 16.5. The smallest absolute Gasteiger partial charge is 0.343 e. The second-order valence-electron chi connectivity index (χ2n) is 4.56. The van der Waals surface area contributed by atoms with Crippen LogP contribution in [-0.4, -0.2) is 5.97 Å². The van der Waals surface area contributed by atoms with E-state index in [2.05, 4.69) is 6.58 Å². The quantitative estimate of drug-likeness (QED) is 0.603. The van der Waals surface area contributed by atoms with Gasteiger partial charge < -0.3 is 4.74 Å². The summed E-state index contributed by atoms with van der Waals surface area (Å²) in [5.74, 6) is 0.205. The number of benzene rings is 2. The molecule has 0 aromatic heterocycles. The monoisotopic (exact) mass is 252 g/mol. The molecule has 0 aliphatic rings. The van der Waals surface area contributed by atoms with Gasteiger partial charge in [0.2, 0.25) is 0 Å². The first-order valence-corrected chi connectivity index (χ1v) is 6.11. The summed E-state index contributed by atoms with van der Waals surface area (Å²) >= 11 is 0. The Bertz CT molecular complexity index is 592. The van der Waals surface area contributed by atoms with Crippen LogP contribution >= 0.6 is 0 Å². The van der Waals surface area contributed by atoms with Crippen molar-refractivity contribution in [2.75, 3.05) is 0 Å². The van der Waals surface area contributed by atoms with E-state index in [0.29, 0.717) is 11.3 Å². The van der Waals surface area contributed by atoms with Gasteiger partial charge in [0.25, 0.3) is 0 Å². The largest absolute Gasteiger partial charge is 0.423 e. The molecule has 0 heterocycles. The van der Waals surface area contributed by atoms with E-state index >= 15 is 0 Å². The molecule has 2 aromatic rings. The van der Waals surface area contributed by atoms with E-state index in [1.807, 2.05) is 38.1 Å². The van der Waals surface area contributed by atoms with Crippen molar-refractivity contribution in [2.24, 2.45) is 0 Å². The van der Waals surface area contributed by atoms with E-state index in [1.165, 1.54) is 0 Å². The molecule has 0 atom stereocenters. The van der Waals surface area contributed by atoms with Crippen LogP contribution in [0.2, 0.25) is 0 Å². The number of carbonyl (C=O) groups is 1. The Balaban J connectivity index is 2.11. The zero-order valence-electron chi connectivity index (χ0n) is 11.1. The van der Waals surface area contributed by atoms with Crippen LogP contribution in [0.3, 0.4) is 0 Å². The lowest BCUT2D eigenvalue weighted by atomic mass is 10.1. The Kier molecular flexibility index (Phi) is 3.81. The average Bonchev–Trinajstić information content (AvgIpc) is 2.41. The second kappa shape index (κ2) is 5.53. The third kappa shape index (κ3) is 3.32. The van der Waals surface area contributed by atoms with Crippen molar-refractivity contribution in [3.8, 4) is 5.75 Å². The van der Waals surface area contributed by atoms with E-state index in [-0.39, 0.29) is 5.97 Å². The maximum absolute atomic E-state index is 11.9. The number of carbonyl (C=O) groups excluding carboxylic acids is 1. The minimum Gasteiger partial charge on any atom is -0.423 e. The van der Waals surface area contributed by atoms with Gasteiger partial charge in [0.05, 0.1) is 5.56 Å². The lowest BCUT2D eigenvalue weighted by molar-refractivity contribution is 0.0734. The minimum atomic E-state index is -0.350. The average molecular weight is 252 g/mol. The molecule has 0 radical (unpaired) electrons. The van der Waals surface area contributed by atoms with E-state index in [1.54, 1.807) is 24.3 Å². The fourth-order valence-electron chi connectivity index (χ4n) is 1.66. The number of esters is 1. The zero-order chi connectivity index (χ0) is 13.8. The molecule has 2 aromatic carbocycles. The summed E-state index contributed by atoms with van der Waals surface area (Å²) in [6.45, 7) is 7.78. The summed E-state index contributed by atoms with van der Waals surface area (Å²) < 4.78 is 5.29. The van der Waals surface area contributed by atoms with Gasteiger partial charge in [-0.05, 0) is 43.7 Å². The topological polar surface area (TPSA) is 26.3 Å². The Labute approximate surface area is 113 Å². The Morgan fingerprint density at radius 3 is 2.00 bits per heavy atom. The van der Waals surface area contributed by atoms with Gasteiger partial charge in [-0.1, -0.05) is 42.0 Å². The highest BCUT2D eigenvalue weighted by Crippen LogP contribution is 2.16. The lowest BCUT2D eigenvalue weighted by Gasteiger charge is -2.05. The first-order chi connectivity index (χ1) is 9.06. The molecule has 2 heteroatoms. The van der Waals surface area contributed by atoms with Crippen molar-refractivity contribution < 1.29 is 9.53 Å². The molecule has 2 rings (SSSR count). The molecule has 0 aliphatic heterocycles. The SMILES string of the molecule is C=C(C)c1ccc(C(=O)Oc2ccc(C)cc2)cc1. The van der Waals surface area contributed by atoms with Gasteiger partial charge >= 0.3 is 5.97 Å². The van der Waals surface area contributed by atoms with Crippen LogP contribution in [0.5, 0.6) is 5.75 Å². The van der Waals surface area contributed by atoms with Crippen LogP contribution in [0.15, 0.2) is 55.1 Å². The summed E-state index contributed by atoms with van der Waals surface area (Å²) in [5.41, 5.74) is 3.65. The van der Waals surface area contributed by atoms with E-state index in [9.17, 15) is 4.79 Å². The lowest BCUT2D eigenvalue weighted by Crippen LogP contribution is -2.08. The standard InChI is InChI=1S/C17H16O2/c1-12(2)14-6-8-15(9-7-14)17(18)19-16-10-4-13(3)5-11-16/h4-11H,1H2,2-3H3. The summed E-state index contributed by atoms with van der Waals surface area (Å²) in [7, 11) is 0. The van der Waals surface area contributed by atoms with E-state index in [4.69, 9.17) is 4.74 Å². The van der Waals surface area contributed by atoms with Crippen LogP contribution in [-0.2, 0) is 0 Å². The molecule has 0 aliphatic carbocycles. The van der Waals surface area contributed by atoms with Crippen molar-refractivity contribution in [1.29, 1.82) is 0 Å². The van der Waals surface area contributed by atoms with Crippen molar-refractivity contribution in [3.05, 3.63) is 71.8 Å². The third-order valence-electron chi connectivity index (χ3n) is 2.84. The van der Waals surface area contributed by atoms with Gasteiger partial charge in [0, 0.05) is 0 Å². The van der Waals surface area contributed by atoms with Crippen molar-refractivity contribution >= 4 is 11.5 Å². The molecule has 0 amide bonds. The zero-order valence-corrected chi connectivity index (χ0v) is 11.1. The van der Waals surface area contributed by atoms with Crippen molar-refractivity contribution in [1.82, 2.24) is 0 Å². The summed E-state index contributed by atoms with van der Waals surface area (Å²) in [6.07, 6.45) is 0. The van der Waals surface area contributed by atoms with Gasteiger partial charge in [-0.25, -0.2) is 4.79 Å². The summed E-state index contributed by atoms with van der Waals surface area (Å²) in [6, 6.07) is 14.6. The van der Waals surface area contributed by atoms with Crippen LogP contribution in [0.1, 0.15) is 28.4 Å². The first-order valence-electron chi connectivity index (χ1n) is 6.11. The highest BCUT2D eigenvalue weighted by molar-refractivity contribution is 5.91. The number of allylic oxidation sites excluding steroid dienone is 1. The van der Waals surface area contributed by atoms with Crippen molar-refractivity contribution in [3.63, 3.8) is 0 Å². The maximum Gasteiger partial charge on any atom is 0.343 e. The molecular formula is C17H16O2. The van der Waals surface area contributed by atoms with Gasteiger partial charge in [-0.3, -0.25) is 0 Å². The van der Waals surface area contributed by atoms with Gasteiger partial charge in [0.1, 0.15) is 5.75 Å². The van der Waals surface area contributed by atoms with Gasteiger partial charge in [-0.15, -0.1) is 0 Å². The fourth-order valence-corrected chi connectivity index (χ4v) is 1.66. The number of aryl methyl sites for hydroxylation is 1. The molecule has 0 saturated heterocycles. The molecule has 0 saturated carbocycles. The molecule has 2 nitrogen and oxygen atoms in total. The maximum atomic E-state index is 11.9. The normalized spacial score (nSPS) is 10.0. The predicted octanol–water partition coefficient (Wildman–Crippen LogP) is 4.25. The number of hydrogen-bond acceptors (Lipinski definition) is 2. The van der Waals surface area contributed by atoms with Crippen LogP contribution in [0.25, 0.3) is 5.57 Å². The molecule has 0 fully saturated rings. The highest BCUT2D eigenvalue weighted by Gasteiger charge is 2.08. The van der Waals surface area contributed by atoms with E-state index < -0.39 is 0 Å². The fraction of sp³-hybridized carbons (Fsp3) is 0.118. The van der Waals surface area contributed by atoms with Crippen molar-refractivity contribution in [2.45, 2.75) is 13.8 Å². The Morgan fingerprint density at radius 1 is 0.947 bits per heavy atom. The van der Waals surface area contributed by atoms with Crippen LogP contribution < -0.4 is 4.74 Å². The molecular weight excluding hydrogens is 236 g/mol. The molecule has 0 bridgehead atoms. The third-order valence-corrected chi connectivity index (χ3v) is 2.84. The van der Waals surface area contributed by atoms with Crippen LogP contribution in [0, 0.1) is 6.92 Å². The summed E-state index contributed by atoms with van der Waals surface area (Å²) in [4.78, 5) is 11.9.